The molecule has 0 bridgehead atoms. The molecule has 2 rings (SSSR count). The standard InChI is InChI=1S/C8H9ClN4/c9-7-6(2-3-10)12-13-5-1-4-11-8(7)13/h1,4-5H,2-3,10H2. The molecule has 0 radical (unpaired) electrons. The van der Waals surface area contributed by atoms with Crippen LogP contribution >= 0.6 is 11.6 Å². The maximum atomic E-state index is 6.03. The fraction of sp³-hybridized carbons (Fsp3) is 0.250. The molecule has 13 heavy (non-hydrogen) atoms. The van der Waals surface area contributed by atoms with Gasteiger partial charge in [0.25, 0.3) is 0 Å². The van der Waals surface area contributed by atoms with Gasteiger partial charge in [-0.25, -0.2) is 9.50 Å². The van der Waals surface area contributed by atoms with Crippen molar-refractivity contribution in [2.75, 3.05) is 6.54 Å². The van der Waals surface area contributed by atoms with Gasteiger partial charge in [0, 0.05) is 18.8 Å². The minimum absolute atomic E-state index is 0.545. The quantitative estimate of drug-likeness (QED) is 0.776. The third-order valence-electron chi connectivity index (χ3n) is 1.79. The van der Waals surface area contributed by atoms with Gasteiger partial charge < -0.3 is 5.73 Å². The van der Waals surface area contributed by atoms with Gasteiger partial charge in [-0.2, -0.15) is 5.10 Å². The molecule has 0 unspecified atom stereocenters. The van der Waals surface area contributed by atoms with E-state index >= 15 is 0 Å². The van der Waals surface area contributed by atoms with Crippen LogP contribution in [0.4, 0.5) is 0 Å². The molecule has 2 heterocycles. The van der Waals surface area contributed by atoms with Crippen molar-refractivity contribution in [1.29, 1.82) is 0 Å². The Hall–Kier alpha value is -1.13. The Bertz CT molecular complexity index is 423. The smallest absolute Gasteiger partial charge is 0.174 e. The highest BCUT2D eigenvalue weighted by Gasteiger charge is 2.09. The Morgan fingerprint density at radius 2 is 2.38 bits per heavy atom. The molecule has 68 valence electrons. The molecule has 2 aromatic heterocycles. The molecule has 4 nitrogen and oxygen atoms in total. The zero-order valence-electron chi connectivity index (χ0n) is 6.94. The van der Waals surface area contributed by atoms with Crippen LogP contribution in [-0.4, -0.2) is 21.1 Å². The van der Waals surface area contributed by atoms with Gasteiger partial charge in [-0.05, 0) is 12.6 Å². The van der Waals surface area contributed by atoms with Gasteiger partial charge in [0.2, 0.25) is 0 Å². The first-order valence-corrected chi connectivity index (χ1v) is 4.38. The van der Waals surface area contributed by atoms with E-state index in [0.29, 0.717) is 23.6 Å². The molecule has 0 amide bonds. The molecule has 0 saturated carbocycles. The van der Waals surface area contributed by atoms with Crippen molar-refractivity contribution in [1.82, 2.24) is 14.6 Å². The lowest BCUT2D eigenvalue weighted by molar-refractivity contribution is 0.855. The first kappa shape index (κ1) is 8.47. The van der Waals surface area contributed by atoms with E-state index in [9.17, 15) is 0 Å². The van der Waals surface area contributed by atoms with Gasteiger partial charge in [-0.3, -0.25) is 0 Å². The number of fused-ring (bicyclic) bond motifs is 1. The molecule has 2 N–H and O–H groups in total. The normalized spacial score (nSPS) is 10.9. The summed E-state index contributed by atoms with van der Waals surface area (Å²) in [5.41, 5.74) is 6.92. The van der Waals surface area contributed by atoms with Crippen LogP contribution in [0.1, 0.15) is 5.69 Å². The number of aromatic nitrogens is 3. The summed E-state index contributed by atoms with van der Waals surface area (Å²) in [4.78, 5) is 4.11. The summed E-state index contributed by atoms with van der Waals surface area (Å²) in [7, 11) is 0. The second-order valence-electron chi connectivity index (χ2n) is 2.69. The number of nitrogens with zero attached hydrogens (tertiary/aromatic N) is 3. The average Bonchev–Trinajstić information content (AvgIpc) is 2.46. The summed E-state index contributed by atoms with van der Waals surface area (Å²) in [5, 5.41) is 4.85. The first-order valence-electron chi connectivity index (χ1n) is 4.00. The second-order valence-corrected chi connectivity index (χ2v) is 3.07. The molecule has 0 atom stereocenters. The van der Waals surface area contributed by atoms with Crippen molar-refractivity contribution in [3.8, 4) is 0 Å². The van der Waals surface area contributed by atoms with E-state index in [1.165, 1.54) is 0 Å². The summed E-state index contributed by atoms with van der Waals surface area (Å²) in [6, 6.07) is 1.81. The molecule has 0 aliphatic rings. The summed E-state index contributed by atoms with van der Waals surface area (Å²) in [6.45, 7) is 0.545. The largest absolute Gasteiger partial charge is 0.330 e. The second kappa shape index (κ2) is 3.32. The maximum absolute atomic E-state index is 6.03. The van der Waals surface area contributed by atoms with Gasteiger partial charge in [-0.15, -0.1) is 0 Å². The SMILES string of the molecule is NCCc1nn2cccnc2c1Cl. The van der Waals surface area contributed by atoms with E-state index < -0.39 is 0 Å². The summed E-state index contributed by atoms with van der Waals surface area (Å²) >= 11 is 6.03. The highest BCUT2D eigenvalue weighted by atomic mass is 35.5. The van der Waals surface area contributed by atoms with E-state index in [1.54, 1.807) is 10.7 Å². The summed E-state index contributed by atoms with van der Waals surface area (Å²) < 4.78 is 1.66. The fourth-order valence-corrected chi connectivity index (χ4v) is 1.47. The van der Waals surface area contributed by atoms with E-state index in [1.807, 2.05) is 12.3 Å². The first-order chi connectivity index (χ1) is 6.33. The van der Waals surface area contributed by atoms with Crippen LogP contribution in [-0.2, 0) is 6.42 Å². The third kappa shape index (κ3) is 1.38. The third-order valence-corrected chi connectivity index (χ3v) is 2.17. The van der Waals surface area contributed by atoms with Crippen molar-refractivity contribution in [3.63, 3.8) is 0 Å². The van der Waals surface area contributed by atoms with E-state index in [4.69, 9.17) is 17.3 Å². The van der Waals surface area contributed by atoms with Crippen LogP contribution in [0.25, 0.3) is 5.65 Å². The van der Waals surface area contributed by atoms with Crippen LogP contribution in [0.5, 0.6) is 0 Å². The van der Waals surface area contributed by atoms with Gasteiger partial charge in [0.05, 0.1) is 5.69 Å². The zero-order chi connectivity index (χ0) is 9.26. The Kier molecular flexibility index (Phi) is 2.16. The molecule has 2 aromatic rings. The molecular formula is C8H9ClN4. The van der Waals surface area contributed by atoms with Crippen molar-refractivity contribution in [2.45, 2.75) is 6.42 Å². The minimum Gasteiger partial charge on any atom is -0.330 e. The van der Waals surface area contributed by atoms with E-state index in [0.717, 1.165) is 5.69 Å². The predicted molar refractivity (Wildman–Crippen MR) is 50.8 cm³/mol. The van der Waals surface area contributed by atoms with Gasteiger partial charge in [-0.1, -0.05) is 11.6 Å². The van der Waals surface area contributed by atoms with Gasteiger partial charge >= 0.3 is 0 Å². The summed E-state index contributed by atoms with van der Waals surface area (Å²) in [5.74, 6) is 0. The summed E-state index contributed by atoms with van der Waals surface area (Å²) in [6.07, 6.45) is 4.19. The van der Waals surface area contributed by atoms with Crippen molar-refractivity contribution < 1.29 is 0 Å². The topological polar surface area (TPSA) is 56.2 Å². The van der Waals surface area contributed by atoms with E-state index in [2.05, 4.69) is 10.1 Å². The van der Waals surface area contributed by atoms with Crippen molar-refractivity contribution in [2.24, 2.45) is 5.73 Å². The monoisotopic (exact) mass is 196 g/mol. The van der Waals surface area contributed by atoms with Crippen LogP contribution < -0.4 is 5.73 Å². The fourth-order valence-electron chi connectivity index (χ4n) is 1.20. The Morgan fingerprint density at radius 3 is 3.08 bits per heavy atom. The molecule has 0 aromatic carbocycles. The number of hydrogen-bond donors (Lipinski definition) is 1. The van der Waals surface area contributed by atoms with Crippen LogP contribution in [0.2, 0.25) is 5.02 Å². The number of nitrogens with two attached hydrogens (primary N) is 1. The Balaban J connectivity index is 2.60. The number of rotatable bonds is 2. The predicted octanol–water partition coefficient (Wildman–Crippen LogP) is 0.884. The highest BCUT2D eigenvalue weighted by Crippen LogP contribution is 2.19. The highest BCUT2D eigenvalue weighted by molar-refractivity contribution is 6.34. The maximum Gasteiger partial charge on any atom is 0.174 e. The van der Waals surface area contributed by atoms with Crippen molar-refractivity contribution in [3.05, 3.63) is 29.2 Å². The van der Waals surface area contributed by atoms with Crippen molar-refractivity contribution >= 4 is 17.2 Å². The molecule has 0 aliphatic heterocycles. The zero-order valence-corrected chi connectivity index (χ0v) is 7.70. The lowest BCUT2D eigenvalue weighted by Gasteiger charge is -1.89. The molecule has 0 saturated heterocycles. The molecule has 0 fully saturated rings. The van der Waals surface area contributed by atoms with Crippen LogP contribution in [0.15, 0.2) is 18.5 Å². The Morgan fingerprint density at radius 1 is 1.54 bits per heavy atom. The average molecular weight is 197 g/mol. The number of hydrogen-bond acceptors (Lipinski definition) is 3. The van der Waals surface area contributed by atoms with E-state index in [-0.39, 0.29) is 0 Å². The number of halogens is 1. The molecule has 0 aliphatic carbocycles. The van der Waals surface area contributed by atoms with Gasteiger partial charge in [0.1, 0.15) is 5.02 Å². The molecule has 0 spiro atoms. The van der Waals surface area contributed by atoms with Crippen LogP contribution in [0.3, 0.4) is 0 Å². The Labute approximate surface area is 80.3 Å². The van der Waals surface area contributed by atoms with Gasteiger partial charge in [0.15, 0.2) is 5.65 Å². The van der Waals surface area contributed by atoms with Crippen LogP contribution in [0, 0.1) is 0 Å². The minimum atomic E-state index is 0.545. The molecular weight excluding hydrogens is 188 g/mol. The lowest BCUT2D eigenvalue weighted by atomic mass is 10.3. The molecule has 5 heteroatoms. The lowest BCUT2D eigenvalue weighted by Crippen LogP contribution is -2.03.